The number of carbonyl (C=O) groups is 2. The van der Waals surface area contributed by atoms with Gasteiger partial charge in [0.1, 0.15) is 5.70 Å². The Labute approximate surface area is 194 Å². The van der Waals surface area contributed by atoms with E-state index in [4.69, 9.17) is 16.7 Å². The monoisotopic (exact) mass is 481 g/mol. The summed E-state index contributed by atoms with van der Waals surface area (Å²) >= 11 is 6.02. The lowest BCUT2D eigenvalue weighted by atomic mass is 9.95. The first-order valence-corrected chi connectivity index (χ1v) is 10.4. The molecule has 1 unspecified atom stereocenters. The van der Waals surface area contributed by atoms with Crippen LogP contribution < -0.4 is 5.32 Å². The van der Waals surface area contributed by atoms with Crippen LogP contribution in [0.1, 0.15) is 21.5 Å². The molecule has 2 aromatic carbocycles. The van der Waals surface area contributed by atoms with E-state index in [2.05, 4.69) is 5.32 Å². The Morgan fingerprint density at radius 1 is 1.09 bits per heavy atom. The molecular weight excluding hydrogens is 459 g/mol. The Morgan fingerprint density at radius 2 is 1.76 bits per heavy atom. The van der Waals surface area contributed by atoms with E-state index in [-0.39, 0.29) is 30.6 Å². The van der Waals surface area contributed by atoms with Gasteiger partial charge in [0, 0.05) is 31.2 Å². The van der Waals surface area contributed by atoms with Crippen LogP contribution in [0, 0.1) is 0 Å². The molecule has 0 saturated heterocycles. The number of Topliss-reactive ketones (excluding diaryl/α,β-unsaturated/α-hetero) is 1. The Hall–Kier alpha value is -2.88. The fourth-order valence-electron chi connectivity index (χ4n) is 3.84. The molecule has 0 radical (unpaired) electrons. The van der Waals surface area contributed by atoms with Crippen LogP contribution >= 0.6 is 11.6 Å². The fraction of sp³-hybridized carbons (Fsp3) is 0.304. The number of carboxylic acid groups (broad SMARTS) is 1. The normalized spacial score (nSPS) is 17.0. The lowest BCUT2D eigenvalue weighted by molar-refractivity contribution is -0.126. The van der Waals surface area contributed by atoms with E-state index in [1.165, 1.54) is 31.2 Å². The number of alkyl halides is 3. The number of benzene rings is 2. The molecule has 1 aliphatic heterocycles. The molecule has 1 atom stereocenters. The fourth-order valence-corrected chi connectivity index (χ4v) is 4.05. The minimum atomic E-state index is -4.70. The maximum Gasteiger partial charge on any atom is 0.432 e. The Balaban J connectivity index is 1.80. The number of halogens is 4. The zero-order valence-corrected chi connectivity index (χ0v) is 18.7. The van der Waals surface area contributed by atoms with Crippen LogP contribution in [0.4, 0.5) is 13.2 Å². The molecule has 1 aliphatic rings. The summed E-state index contributed by atoms with van der Waals surface area (Å²) in [5.74, 6) is -1.72. The van der Waals surface area contributed by atoms with Crippen LogP contribution in [0.3, 0.4) is 0 Å². The molecule has 176 valence electrons. The maximum atomic E-state index is 13.9. The second-order valence-electron chi connectivity index (χ2n) is 7.74. The molecule has 0 bridgehead atoms. The standard InChI is InChI=1S/C23H23ClF3N3O3/c1-29-18(11-15-4-3-5-17(24)10-15)20(21(30(29)2)23(25,26)27)19(31)13-28-12-14-6-8-16(9-7-14)22(32)33/h3-10,18,28H,11-13H2,1-2H3,(H,32,33). The van der Waals surface area contributed by atoms with Crippen LogP contribution in [0.15, 0.2) is 59.8 Å². The third-order valence-corrected chi connectivity index (χ3v) is 5.77. The molecule has 33 heavy (non-hydrogen) atoms. The molecule has 3 rings (SSSR count). The number of rotatable bonds is 8. The number of nitrogens with one attached hydrogen (secondary N) is 1. The minimum absolute atomic E-state index is 0.121. The predicted molar refractivity (Wildman–Crippen MR) is 118 cm³/mol. The van der Waals surface area contributed by atoms with E-state index in [0.29, 0.717) is 16.1 Å². The third kappa shape index (κ3) is 5.73. The highest BCUT2D eigenvalue weighted by molar-refractivity contribution is 6.30. The quantitative estimate of drug-likeness (QED) is 0.595. The molecule has 1 heterocycles. The summed E-state index contributed by atoms with van der Waals surface area (Å²) in [5.41, 5.74) is 0.258. The average molecular weight is 482 g/mol. The predicted octanol–water partition coefficient (Wildman–Crippen LogP) is 3.92. The molecule has 0 amide bonds. The van der Waals surface area contributed by atoms with Gasteiger partial charge in [0.05, 0.1) is 18.2 Å². The zero-order chi connectivity index (χ0) is 24.3. The highest BCUT2D eigenvalue weighted by Crippen LogP contribution is 2.39. The van der Waals surface area contributed by atoms with Gasteiger partial charge in [0.2, 0.25) is 0 Å². The van der Waals surface area contributed by atoms with Crippen molar-refractivity contribution < 1.29 is 27.9 Å². The van der Waals surface area contributed by atoms with Crippen molar-refractivity contribution in [3.05, 3.63) is 81.5 Å². The number of hydrazine groups is 1. The molecular formula is C23H23ClF3N3O3. The average Bonchev–Trinajstić information content (AvgIpc) is 2.99. The van der Waals surface area contributed by atoms with Gasteiger partial charge in [-0.3, -0.25) is 4.79 Å². The third-order valence-electron chi connectivity index (χ3n) is 5.54. The van der Waals surface area contributed by atoms with Gasteiger partial charge >= 0.3 is 12.1 Å². The Kier molecular flexibility index (Phi) is 7.46. The second kappa shape index (κ2) is 9.94. The van der Waals surface area contributed by atoms with Gasteiger partial charge in [0.25, 0.3) is 0 Å². The Bertz CT molecular complexity index is 1070. The van der Waals surface area contributed by atoms with E-state index in [9.17, 15) is 22.8 Å². The van der Waals surface area contributed by atoms with E-state index in [1.54, 1.807) is 36.4 Å². The summed E-state index contributed by atoms with van der Waals surface area (Å²) in [4.78, 5) is 24.0. The van der Waals surface area contributed by atoms with E-state index in [0.717, 1.165) is 5.01 Å². The Morgan fingerprint density at radius 3 is 2.33 bits per heavy atom. The SMILES string of the molecule is CN1C(C(F)(F)F)=C(C(=O)CNCc2ccc(C(=O)O)cc2)C(Cc2cccc(Cl)c2)N1C. The summed E-state index contributed by atoms with van der Waals surface area (Å²) in [6.07, 6.45) is -4.53. The molecule has 2 aromatic rings. The summed E-state index contributed by atoms with van der Waals surface area (Å²) < 4.78 is 41.7. The number of ketones is 1. The first-order chi connectivity index (χ1) is 15.5. The molecule has 10 heteroatoms. The first kappa shape index (κ1) is 24.8. The summed E-state index contributed by atoms with van der Waals surface area (Å²) in [6.45, 7) is -0.103. The van der Waals surface area contributed by atoms with Crippen molar-refractivity contribution in [2.24, 2.45) is 0 Å². The summed E-state index contributed by atoms with van der Waals surface area (Å²) in [5, 5.41) is 14.7. The van der Waals surface area contributed by atoms with E-state index >= 15 is 0 Å². The number of carboxylic acids is 1. The van der Waals surface area contributed by atoms with Gasteiger partial charge in [0.15, 0.2) is 5.78 Å². The largest absolute Gasteiger partial charge is 0.478 e. The van der Waals surface area contributed by atoms with Gasteiger partial charge in [-0.15, -0.1) is 0 Å². The molecule has 0 aliphatic carbocycles. The van der Waals surface area contributed by atoms with Crippen molar-refractivity contribution in [3.8, 4) is 0 Å². The van der Waals surface area contributed by atoms with E-state index in [1.807, 2.05) is 0 Å². The number of aromatic carboxylic acids is 1. The van der Waals surface area contributed by atoms with Crippen molar-refractivity contribution in [1.29, 1.82) is 0 Å². The molecule has 0 saturated carbocycles. The molecule has 2 N–H and O–H groups in total. The highest BCUT2D eigenvalue weighted by atomic mass is 35.5. The lowest BCUT2D eigenvalue weighted by Gasteiger charge is -2.29. The smallest absolute Gasteiger partial charge is 0.432 e. The number of allylic oxidation sites excluding steroid dienone is 1. The van der Waals surface area contributed by atoms with Gasteiger partial charge in [-0.2, -0.15) is 13.2 Å². The summed E-state index contributed by atoms with van der Waals surface area (Å²) in [7, 11) is 2.80. The number of hydrogen-bond acceptors (Lipinski definition) is 5. The molecule has 0 aromatic heterocycles. The van der Waals surface area contributed by atoms with Gasteiger partial charge in [-0.05, 0) is 41.8 Å². The van der Waals surface area contributed by atoms with Crippen LogP contribution in [-0.2, 0) is 17.8 Å². The van der Waals surface area contributed by atoms with Crippen molar-refractivity contribution in [3.63, 3.8) is 0 Å². The van der Waals surface area contributed by atoms with Crippen LogP contribution in [0.25, 0.3) is 0 Å². The van der Waals surface area contributed by atoms with Crippen molar-refractivity contribution in [2.45, 2.75) is 25.2 Å². The molecule has 6 nitrogen and oxygen atoms in total. The van der Waals surface area contributed by atoms with E-state index < -0.39 is 29.7 Å². The lowest BCUT2D eigenvalue weighted by Crippen LogP contribution is -2.40. The number of hydrogen-bond donors (Lipinski definition) is 2. The van der Waals surface area contributed by atoms with Gasteiger partial charge in [-0.25, -0.2) is 9.80 Å². The van der Waals surface area contributed by atoms with Crippen molar-refractivity contribution in [1.82, 2.24) is 15.3 Å². The maximum absolute atomic E-state index is 13.9. The number of nitrogens with zero attached hydrogens (tertiary/aromatic N) is 2. The second-order valence-corrected chi connectivity index (χ2v) is 8.17. The van der Waals surface area contributed by atoms with Crippen molar-refractivity contribution in [2.75, 3.05) is 20.6 Å². The topological polar surface area (TPSA) is 72.9 Å². The number of likely N-dealkylation sites (N-methyl/N-ethyl adjacent to an activating group) is 1. The van der Waals surface area contributed by atoms with Gasteiger partial charge in [-0.1, -0.05) is 35.9 Å². The highest BCUT2D eigenvalue weighted by Gasteiger charge is 2.49. The first-order valence-electron chi connectivity index (χ1n) is 10.1. The van der Waals surface area contributed by atoms with Crippen LogP contribution in [0.2, 0.25) is 5.02 Å². The van der Waals surface area contributed by atoms with Gasteiger partial charge < -0.3 is 15.4 Å². The van der Waals surface area contributed by atoms with Crippen LogP contribution in [0.5, 0.6) is 0 Å². The van der Waals surface area contributed by atoms with Crippen molar-refractivity contribution >= 4 is 23.4 Å². The molecule has 0 fully saturated rings. The molecule has 0 spiro atoms. The summed E-state index contributed by atoms with van der Waals surface area (Å²) in [6, 6.07) is 12.0. The zero-order valence-electron chi connectivity index (χ0n) is 18.0. The van der Waals surface area contributed by atoms with Crippen LogP contribution in [-0.4, -0.2) is 59.7 Å². The number of carbonyl (C=O) groups excluding carboxylic acids is 1. The minimum Gasteiger partial charge on any atom is -0.478 e.